The summed E-state index contributed by atoms with van der Waals surface area (Å²) in [4.78, 5) is 0. The van der Waals surface area contributed by atoms with E-state index in [1.165, 1.54) is 5.56 Å². The minimum atomic E-state index is 0.141. The van der Waals surface area contributed by atoms with Gasteiger partial charge in [-0.1, -0.05) is 26.0 Å². The maximum Gasteiger partial charge on any atom is 0.119 e. The van der Waals surface area contributed by atoms with Gasteiger partial charge in [0.25, 0.3) is 0 Å². The first-order chi connectivity index (χ1) is 7.17. The van der Waals surface area contributed by atoms with Crippen molar-refractivity contribution in [3.8, 4) is 5.75 Å². The quantitative estimate of drug-likeness (QED) is 0.804. The van der Waals surface area contributed by atoms with Gasteiger partial charge in [0.2, 0.25) is 0 Å². The highest BCUT2D eigenvalue weighted by atomic mass is 16.5. The van der Waals surface area contributed by atoms with Gasteiger partial charge in [0.05, 0.1) is 6.10 Å². The van der Waals surface area contributed by atoms with Crippen LogP contribution in [0.4, 0.5) is 0 Å². The van der Waals surface area contributed by atoms with E-state index in [1.54, 1.807) is 0 Å². The average molecular weight is 207 g/mol. The SMILES string of the molecule is CCC(C)Oc1ccc(C(N)CC)cc1. The van der Waals surface area contributed by atoms with Gasteiger partial charge in [-0.2, -0.15) is 0 Å². The summed E-state index contributed by atoms with van der Waals surface area (Å²) in [5, 5.41) is 0. The summed E-state index contributed by atoms with van der Waals surface area (Å²) in [6.45, 7) is 6.28. The number of hydrogen-bond acceptors (Lipinski definition) is 2. The molecule has 2 unspecified atom stereocenters. The van der Waals surface area contributed by atoms with E-state index in [0.717, 1.165) is 18.6 Å². The molecule has 0 saturated carbocycles. The monoisotopic (exact) mass is 207 g/mol. The van der Waals surface area contributed by atoms with Crippen LogP contribution >= 0.6 is 0 Å². The molecule has 0 aliphatic rings. The molecule has 1 aromatic carbocycles. The topological polar surface area (TPSA) is 35.2 Å². The molecule has 0 aliphatic heterocycles. The maximum atomic E-state index is 5.93. The summed E-state index contributed by atoms with van der Waals surface area (Å²) in [7, 11) is 0. The van der Waals surface area contributed by atoms with E-state index in [-0.39, 0.29) is 12.1 Å². The highest BCUT2D eigenvalue weighted by Gasteiger charge is 2.04. The summed E-state index contributed by atoms with van der Waals surface area (Å²) >= 11 is 0. The van der Waals surface area contributed by atoms with Crippen LogP contribution in [0.1, 0.15) is 45.2 Å². The van der Waals surface area contributed by atoms with Crippen LogP contribution in [0, 0.1) is 0 Å². The molecule has 0 fully saturated rings. The number of benzene rings is 1. The van der Waals surface area contributed by atoms with Crippen molar-refractivity contribution >= 4 is 0 Å². The van der Waals surface area contributed by atoms with Crippen LogP contribution in [0.3, 0.4) is 0 Å². The Hall–Kier alpha value is -1.02. The van der Waals surface area contributed by atoms with Crippen LogP contribution in [-0.2, 0) is 0 Å². The molecule has 2 atom stereocenters. The van der Waals surface area contributed by atoms with Gasteiger partial charge in [-0.25, -0.2) is 0 Å². The molecule has 0 heterocycles. The molecule has 0 spiro atoms. The van der Waals surface area contributed by atoms with Crippen molar-refractivity contribution in [1.82, 2.24) is 0 Å². The Morgan fingerprint density at radius 2 is 1.73 bits per heavy atom. The van der Waals surface area contributed by atoms with E-state index in [4.69, 9.17) is 10.5 Å². The van der Waals surface area contributed by atoms with E-state index in [0.29, 0.717) is 0 Å². The van der Waals surface area contributed by atoms with Gasteiger partial charge < -0.3 is 10.5 Å². The Morgan fingerprint density at radius 1 is 1.13 bits per heavy atom. The van der Waals surface area contributed by atoms with Crippen LogP contribution in [-0.4, -0.2) is 6.10 Å². The van der Waals surface area contributed by atoms with Crippen LogP contribution in [0.2, 0.25) is 0 Å². The zero-order valence-electron chi connectivity index (χ0n) is 9.86. The van der Waals surface area contributed by atoms with Gasteiger partial charge in [-0.05, 0) is 37.5 Å². The molecular formula is C13H21NO. The predicted molar refractivity (Wildman–Crippen MR) is 64.0 cm³/mol. The fourth-order valence-corrected chi connectivity index (χ4v) is 1.34. The summed E-state index contributed by atoms with van der Waals surface area (Å²) < 4.78 is 5.69. The van der Waals surface area contributed by atoms with Crippen molar-refractivity contribution in [2.75, 3.05) is 0 Å². The lowest BCUT2D eigenvalue weighted by molar-refractivity contribution is 0.217. The Balaban J connectivity index is 2.64. The first kappa shape index (κ1) is 12.1. The summed E-state index contributed by atoms with van der Waals surface area (Å²) in [6, 6.07) is 8.23. The smallest absolute Gasteiger partial charge is 0.119 e. The third-order valence-corrected chi connectivity index (χ3v) is 2.66. The first-order valence-corrected chi connectivity index (χ1v) is 5.69. The first-order valence-electron chi connectivity index (χ1n) is 5.69. The van der Waals surface area contributed by atoms with E-state index in [1.807, 2.05) is 24.3 Å². The lowest BCUT2D eigenvalue weighted by atomic mass is 10.1. The Labute approximate surface area is 92.4 Å². The van der Waals surface area contributed by atoms with Gasteiger partial charge in [0, 0.05) is 6.04 Å². The van der Waals surface area contributed by atoms with Gasteiger partial charge in [-0.3, -0.25) is 0 Å². The summed E-state index contributed by atoms with van der Waals surface area (Å²) in [5.41, 5.74) is 7.11. The normalized spacial score (nSPS) is 14.7. The van der Waals surface area contributed by atoms with Crippen molar-refractivity contribution in [1.29, 1.82) is 0 Å². The number of nitrogens with two attached hydrogens (primary N) is 1. The molecule has 0 saturated heterocycles. The van der Waals surface area contributed by atoms with Gasteiger partial charge in [-0.15, -0.1) is 0 Å². The summed E-state index contributed by atoms with van der Waals surface area (Å²) in [5.74, 6) is 0.927. The largest absolute Gasteiger partial charge is 0.491 e. The van der Waals surface area contributed by atoms with Crippen LogP contribution < -0.4 is 10.5 Å². The van der Waals surface area contributed by atoms with Crippen molar-refractivity contribution < 1.29 is 4.74 Å². The highest BCUT2D eigenvalue weighted by Crippen LogP contribution is 2.19. The second-order valence-corrected chi connectivity index (χ2v) is 3.92. The molecule has 0 amide bonds. The highest BCUT2D eigenvalue weighted by molar-refractivity contribution is 5.29. The van der Waals surface area contributed by atoms with E-state index in [2.05, 4.69) is 20.8 Å². The molecule has 0 aliphatic carbocycles. The Kier molecular flexibility index (Phi) is 4.63. The van der Waals surface area contributed by atoms with Gasteiger partial charge in [0.1, 0.15) is 5.75 Å². The molecule has 1 rings (SSSR count). The van der Waals surface area contributed by atoms with Gasteiger partial charge in [0.15, 0.2) is 0 Å². The van der Waals surface area contributed by atoms with E-state index >= 15 is 0 Å². The molecule has 1 aromatic rings. The Morgan fingerprint density at radius 3 is 2.20 bits per heavy atom. The summed E-state index contributed by atoms with van der Waals surface area (Å²) in [6.07, 6.45) is 2.26. The maximum absolute atomic E-state index is 5.93. The standard InChI is InChI=1S/C13H21NO/c1-4-10(3)15-12-8-6-11(7-9-12)13(14)5-2/h6-10,13H,4-5,14H2,1-3H3. The lowest BCUT2D eigenvalue weighted by Gasteiger charge is -2.14. The predicted octanol–water partition coefficient (Wildman–Crippen LogP) is 3.27. The third kappa shape index (κ3) is 3.56. The fraction of sp³-hybridized carbons (Fsp3) is 0.538. The van der Waals surface area contributed by atoms with Crippen LogP contribution in [0.15, 0.2) is 24.3 Å². The van der Waals surface area contributed by atoms with Crippen molar-refractivity contribution in [2.24, 2.45) is 5.73 Å². The van der Waals surface area contributed by atoms with E-state index < -0.39 is 0 Å². The van der Waals surface area contributed by atoms with Crippen LogP contribution in [0.5, 0.6) is 5.75 Å². The third-order valence-electron chi connectivity index (χ3n) is 2.66. The minimum absolute atomic E-state index is 0.141. The molecule has 2 nitrogen and oxygen atoms in total. The molecule has 0 radical (unpaired) electrons. The van der Waals surface area contributed by atoms with E-state index in [9.17, 15) is 0 Å². The molecule has 0 aromatic heterocycles. The molecule has 84 valence electrons. The van der Waals surface area contributed by atoms with Crippen LogP contribution in [0.25, 0.3) is 0 Å². The molecule has 0 bridgehead atoms. The average Bonchev–Trinajstić information content (AvgIpc) is 2.29. The van der Waals surface area contributed by atoms with Crippen molar-refractivity contribution in [2.45, 2.75) is 45.8 Å². The fourth-order valence-electron chi connectivity index (χ4n) is 1.34. The Bertz CT molecular complexity index is 281. The zero-order chi connectivity index (χ0) is 11.3. The van der Waals surface area contributed by atoms with Crippen molar-refractivity contribution in [3.63, 3.8) is 0 Å². The number of ether oxygens (including phenoxy) is 1. The molecule has 2 heteroatoms. The second-order valence-electron chi connectivity index (χ2n) is 3.92. The molecule has 2 N–H and O–H groups in total. The van der Waals surface area contributed by atoms with Crippen molar-refractivity contribution in [3.05, 3.63) is 29.8 Å². The number of hydrogen-bond donors (Lipinski definition) is 1. The van der Waals surface area contributed by atoms with Gasteiger partial charge >= 0.3 is 0 Å². The minimum Gasteiger partial charge on any atom is -0.491 e. The molecular weight excluding hydrogens is 186 g/mol. The second kappa shape index (κ2) is 5.76. The lowest BCUT2D eigenvalue weighted by Crippen LogP contribution is -2.11. The number of rotatable bonds is 5. The molecule has 15 heavy (non-hydrogen) atoms. The zero-order valence-corrected chi connectivity index (χ0v) is 9.86.